The number of nitrogens with zero attached hydrogens (tertiary/aromatic N) is 1. The zero-order valence-corrected chi connectivity index (χ0v) is 11.9. The van der Waals surface area contributed by atoms with Crippen molar-refractivity contribution in [2.75, 3.05) is 13.6 Å². The highest BCUT2D eigenvalue weighted by Gasteiger charge is 2.18. The topological polar surface area (TPSA) is 40.5 Å². The van der Waals surface area contributed by atoms with Crippen molar-refractivity contribution in [3.8, 4) is 0 Å². The molecule has 0 fully saturated rings. The van der Waals surface area contributed by atoms with Gasteiger partial charge in [0, 0.05) is 17.5 Å². The van der Waals surface area contributed by atoms with Gasteiger partial charge in [-0.1, -0.05) is 24.3 Å². The van der Waals surface area contributed by atoms with E-state index in [9.17, 15) is 9.90 Å². The third-order valence-electron chi connectivity index (χ3n) is 3.04. The number of carbonyl (C=O) groups is 1. The Bertz CT molecular complexity index is 551. The molecule has 0 bridgehead atoms. The number of aliphatic hydroxyl groups excluding tert-OH is 1. The normalized spacial score (nSPS) is 12.2. The Kier molecular flexibility index (Phi) is 4.35. The second-order valence-corrected chi connectivity index (χ2v) is 5.51. The first-order valence-electron chi connectivity index (χ1n) is 6.12. The van der Waals surface area contributed by atoms with Crippen molar-refractivity contribution in [1.82, 2.24) is 4.90 Å². The van der Waals surface area contributed by atoms with E-state index in [2.05, 4.69) is 0 Å². The summed E-state index contributed by atoms with van der Waals surface area (Å²) < 4.78 is 0. The van der Waals surface area contributed by atoms with Crippen LogP contribution in [-0.2, 0) is 0 Å². The lowest BCUT2D eigenvalue weighted by Gasteiger charge is -2.21. The van der Waals surface area contributed by atoms with Crippen molar-refractivity contribution in [2.24, 2.45) is 0 Å². The van der Waals surface area contributed by atoms with Gasteiger partial charge in [-0.2, -0.15) is 0 Å². The van der Waals surface area contributed by atoms with Crippen molar-refractivity contribution in [3.05, 3.63) is 57.8 Å². The second-order valence-electron chi connectivity index (χ2n) is 4.53. The van der Waals surface area contributed by atoms with Crippen molar-refractivity contribution in [3.63, 3.8) is 0 Å². The number of carbonyl (C=O) groups excluding carboxylic acids is 1. The summed E-state index contributed by atoms with van der Waals surface area (Å²) in [5.41, 5.74) is 1.63. The smallest absolute Gasteiger partial charge is 0.253 e. The third-order valence-corrected chi connectivity index (χ3v) is 4.01. The Labute approximate surface area is 117 Å². The van der Waals surface area contributed by atoms with Gasteiger partial charge in [-0.25, -0.2) is 0 Å². The molecule has 1 aromatic heterocycles. The molecule has 19 heavy (non-hydrogen) atoms. The molecule has 0 aliphatic rings. The summed E-state index contributed by atoms with van der Waals surface area (Å²) in [4.78, 5) is 14.7. The van der Waals surface area contributed by atoms with Crippen molar-refractivity contribution in [2.45, 2.75) is 13.0 Å². The highest BCUT2D eigenvalue weighted by atomic mass is 32.1. The standard InChI is InChI=1S/C15H17NO2S/c1-11-6-3-4-7-12(11)15(18)16(2)10-13(17)14-8-5-9-19-14/h3-9,13,17H,10H2,1-2H3. The lowest BCUT2D eigenvalue weighted by Crippen LogP contribution is -2.31. The molecule has 3 nitrogen and oxygen atoms in total. The zero-order chi connectivity index (χ0) is 13.8. The van der Waals surface area contributed by atoms with Crippen LogP contribution in [0.15, 0.2) is 41.8 Å². The number of hydrogen-bond acceptors (Lipinski definition) is 3. The van der Waals surface area contributed by atoms with Crippen LogP contribution in [0.4, 0.5) is 0 Å². The molecule has 1 amide bonds. The first-order chi connectivity index (χ1) is 9.09. The third kappa shape index (κ3) is 3.22. The minimum Gasteiger partial charge on any atom is -0.386 e. The molecular weight excluding hydrogens is 258 g/mol. The SMILES string of the molecule is Cc1ccccc1C(=O)N(C)CC(O)c1cccs1. The highest BCUT2D eigenvalue weighted by Crippen LogP contribution is 2.20. The van der Waals surface area contributed by atoms with Crippen LogP contribution in [0.3, 0.4) is 0 Å². The van der Waals surface area contributed by atoms with Crippen LogP contribution in [-0.4, -0.2) is 29.5 Å². The molecular formula is C15H17NO2S. The van der Waals surface area contributed by atoms with E-state index in [1.54, 1.807) is 11.9 Å². The van der Waals surface area contributed by atoms with Gasteiger partial charge < -0.3 is 10.0 Å². The van der Waals surface area contributed by atoms with Gasteiger partial charge in [-0.05, 0) is 30.0 Å². The van der Waals surface area contributed by atoms with Gasteiger partial charge in [0.25, 0.3) is 5.91 Å². The molecule has 100 valence electrons. The van der Waals surface area contributed by atoms with E-state index in [0.29, 0.717) is 12.1 Å². The minimum atomic E-state index is -0.627. The Hall–Kier alpha value is -1.65. The van der Waals surface area contributed by atoms with Crippen molar-refractivity contribution >= 4 is 17.2 Å². The number of thiophene rings is 1. The number of hydrogen-bond donors (Lipinski definition) is 1. The Morgan fingerprint density at radius 2 is 2.05 bits per heavy atom. The molecule has 2 aromatic rings. The van der Waals surface area contributed by atoms with Gasteiger partial charge in [-0.15, -0.1) is 11.3 Å². The molecule has 0 saturated heterocycles. The van der Waals surface area contributed by atoms with Crippen LogP contribution in [0.1, 0.15) is 26.9 Å². The van der Waals surface area contributed by atoms with E-state index in [1.807, 2.05) is 48.7 Å². The summed E-state index contributed by atoms with van der Waals surface area (Å²) in [6.45, 7) is 2.21. The number of likely N-dealkylation sites (N-methyl/N-ethyl adjacent to an activating group) is 1. The maximum Gasteiger partial charge on any atom is 0.253 e. The van der Waals surface area contributed by atoms with Crippen molar-refractivity contribution in [1.29, 1.82) is 0 Å². The molecule has 1 atom stereocenters. The van der Waals surface area contributed by atoms with Crippen molar-refractivity contribution < 1.29 is 9.90 Å². The number of aryl methyl sites for hydroxylation is 1. The molecule has 0 aliphatic carbocycles. The van der Waals surface area contributed by atoms with E-state index in [-0.39, 0.29) is 5.91 Å². The quantitative estimate of drug-likeness (QED) is 0.932. The molecule has 0 spiro atoms. The molecule has 0 saturated carbocycles. The fraction of sp³-hybridized carbons (Fsp3) is 0.267. The largest absolute Gasteiger partial charge is 0.386 e. The molecule has 0 radical (unpaired) electrons. The van der Waals surface area contributed by atoms with Crippen LogP contribution in [0, 0.1) is 6.92 Å². The summed E-state index contributed by atoms with van der Waals surface area (Å²) in [5, 5.41) is 12.0. The van der Waals surface area contributed by atoms with E-state index in [1.165, 1.54) is 11.3 Å². The van der Waals surface area contributed by atoms with Crippen LogP contribution in [0.5, 0.6) is 0 Å². The average molecular weight is 275 g/mol. The summed E-state index contributed by atoms with van der Waals surface area (Å²) in [7, 11) is 1.71. The van der Waals surface area contributed by atoms with Gasteiger partial charge in [0.05, 0.1) is 6.54 Å². The lowest BCUT2D eigenvalue weighted by molar-refractivity contribution is 0.0685. The van der Waals surface area contributed by atoms with Crippen LogP contribution < -0.4 is 0 Å². The highest BCUT2D eigenvalue weighted by molar-refractivity contribution is 7.10. The summed E-state index contributed by atoms with van der Waals surface area (Å²) in [6, 6.07) is 11.3. The van der Waals surface area contributed by atoms with Gasteiger partial charge in [-0.3, -0.25) is 4.79 Å². The fourth-order valence-electron chi connectivity index (χ4n) is 1.93. The Morgan fingerprint density at radius 3 is 2.68 bits per heavy atom. The first kappa shape index (κ1) is 13.8. The van der Waals surface area contributed by atoms with Gasteiger partial charge in [0.15, 0.2) is 0 Å². The number of benzene rings is 1. The molecule has 1 N–H and O–H groups in total. The number of amides is 1. The minimum absolute atomic E-state index is 0.0614. The predicted molar refractivity (Wildman–Crippen MR) is 77.4 cm³/mol. The number of aliphatic hydroxyl groups is 1. The fourth-order valence-corrected chi connectivity index (χ4v) is 2.63. The maximum absolute atomic E-state index is 12.3. The summed E-state index contributed by atoms with van der Waals surface area (Å²) in [6.07, 6.45) is -0.627. The molecule has 2 rings (SSSR count). The van der Waals surface area contributed by atoms with Gasteiger partial charge in [0.1, 0.15) is 6.10 Å². The molecule has 4 heteroatoms. The Balaban J connectivity index is 2.06. The zero-order valence-electron chi connectivity index (χ0n) is 11.0. The first-order valence-corrected chi connectivity index (χ1v) is 7.00. The number of rotatable bonds is 4. The van der Waals surface area contributed by atoms with Gasteiger partial charge in [0.2, 0.25) is 0 Å². The van der Waals surface area contributed by atoms with Crippen LogP contribution in [0.25, 0.3) is 0 Å². The van der Waals surface area contributed by atoms with Crippen LogP contribution >= 0.6 is 11.3 Å². The van der Waals surface area contributed by atoms with Crippen LogP contribution in [0.2, 0.25) is 0 Å². The van der Waals surface area contributed by atoms with E-state index in [0.717, 1.165) is 10.4 Å². The lowest BCUT2D eigenvalue weighted by atomic mass is 10.1. The summed E-state index contributed by atoms with van der Waals surface area (Å²) in [5.74, 6) is -0.0614. The van der Waals surface area contributed by atoms with E-state index in [4.69, 9.17) is 0 Å². The molecule has 1 aromatic carbocycles. The molecule has 1 unspecified atom stereocenters. The molecule has 0 aliphatic heterocycles. The predicted octanol–water partition coefficient (Wildman–Crippen LogP) is 2.86. The monoisotopic (exact) mass is 275 g/mol. The second kappa shape index (κ2) is 5.99. The maximum atomic E-state index is 12.3. The molecule has 1 heterocycles. The van der Waals surface area contributed by atoms with E-state index >= 15 is 0 Å². The van der Waals surface area contributed by atoms with E-state index < -0.39 is 6.10 Å². The summed E-state index contributed by atoms with van der Waals surface area (Å²) >= 11 is 1.50. The average Bonchev–Trinajstić information content (AvgIpc) is 2.92. The Morgan fingerprint density at radius 1 is 1.32 bits per heavy atom. The van der Waals surface area contributed by atoms with Gasteiger partial charge >= 0.3 is 0 Å².